The summed E-state index contributed by atoms with van der Waals surface area (Å²) in [5.74, 6) is 1.16. The summed E-state index contributed by atoms with van der Waals surface area (Å²) in [6.45, 7) is 0. The van der Waals surface area contributed by atoms with Crippen LogP contribution in [0.2, 0.25) is 0 Å². The molecular formula is C22H20F3NO2. The maximum Gasteiger partial charge on any atom is 0.416 e. The van der Waals surface area contributed by atoms with Gasteiger partial charge >= 0.3 is 6.18 Å². The van der Waals surface area contributed by atoms with Crippen LogP contribution < -0.4 is 9.47 Å². The molecule has 0 heterocycles. The lowest BCUT2D eigenvalue weighted by molar-refractivity contribution is -0.137. The van der Waals surface area contributed by atoms with Crippen molar-refractivity contribution in [1.29, 1.82) is 5.26 Å². The first-order chi connectivity index (χ1) is 13.4. The summed E-state index contributed by atoms with van der Waals surface area (Å²) in [7, 11) is 1.55. The Morgan fingerprint density at radius 2 is 1.86 bits per heavy atom. The molecule has 0 spiro atoms. The normalized spacial score (nSPS) is 15.3. The highest BCUT2D eigenvalue weighted by Crippen LogP contribution is 2.34. The zero-order valence-electron chi connectivity index (χ0n) is 15.4. The Bertz CT molecular complexity index is 907. The maximum absolute atomic E-state index is 13.0. The third kappa shape index (κ3) is 4.66. The molecule has 0 atom stereocenters. The topological polar surface area (TPSA) is 42.2 Å². The van der Waals surface area contributed by atoms with E-state index in [1.807, 2.05) is 6.07 Å². The minimum Gasteiger partial charge on any atom is -0.493 e. The zero-order valence-corrected chi connectivity index (χ0v) is 15.4. The van der Waals surface area contributed by atoms with Crippen molar-refractivity contribution in [2.45, 2.75) is 38.0 Å². The van der Waals surface area contributed by atoms with E-state index >= 15 is 0 Å². The Labute approximate surface area is 162 Å². The predicted octanol–water partition coefficient (Wildman–Crippen LogP) is 6.10. The van der Waals surface area contributed by atoms with Crippen molar-refractivity contribution < 1.29 is 22.6 Å². The molecule has 0 radical (unpaired) electrons. The molecule has 6 heteroatoms. The highest BCUT2D eigenvalue weighted by atomic mass is 19.4. The Morgan fingerprint density at radius 3 is 2.50 bits per heavy atom. The Hall–Kier alpha value is -2.94. The summed E-state index contributed by atoms with van der Waals surface area (Å²) in [6, 6.07) is 12.0. The fourth-order valence-corrected chi connectivity index (χ4v) is 3.27. The van der Waals surface area contributed by atoms with Gasteiger partial charge in [-0.2, -0.15) is 18.4 Å². The summed E-state index contributed by atoms with van der Waals surface area (Å²) in [6.07, 6.45) is 1.44. The van der Waals surface area contributed by atoms with Gasteiger partial charge in [0.15, 0.2) is 11.5 Å². The monoisotopic (exact) mass is 387 g/mol. The minimum absolute atomic E-state index is 0.132. The number of ether oxygens (including phenoxy) is 2. The molecule has 3 rings (SSSR count). The predicted molar refractivity (Wildman–Crippen MR) is 101 cm³/mol. The first-order valence-electron chi connectivity index (χ1n) is 9.05. The third-order valence-corrected chi connectivity index (χ3v) is 4.72. The number of hydrogen-bond acceptors (Lipinski definition) is 3. The van der Waals surface area contributed by atoms with Crippen LogP contribution in [-0.2, 0) is 6.18 Å². The van der Waals surface area contributed by atoms with E-state index < -0.39 is 11.7 Å². The van der Waals surface area contributed by atoms with Crippen LogP contribution in [0.3, 0.4) is 0 Å². The van der Waals surface area contributed by atoms with Crippen LogP contribution in [0.25, 0.3) is 11.6 Å². The molecule has 28 heavy (non-hydrogen) atoms. The number of benzene rings is 2. The first kappa shape index (κ1) is 19.8. The average Bonchev–Trinajstić information content (AvgIpc) is 3.19. The van der Waals surface area contributed by atoms with Crippen molar-refractivity contribution in [1.82, 2.24) is 0 Å². The lowest BCUT2D eigenvalue weighted by atomic mass is 10.0. The molecule has 2 aromatic carbocycles. The summed E-state index contributed by atoms with van der Waals surface area (Å²) < 4.78 is 50.3. The van der Waals surface area contributed by atoms with Crippen molar-refractivity contribution in [3.63, 3.8) is 0 Å². The van der Waals surface area contributed by atoms with Gasteiger partial charge in [0.2, 0.25) is 0 Å². The molecule has 3 nitrogen and oxygen atoms in total. The second-order valence-electron chi connectivity index (χ2n) is 6.68. The van der Waals surface area contributed by atoms with Crippen LogP contribution >= 0.6 is 0 Å². The van der Waals surface area contributed by atoms with Gasteiger partial charge in [0, 0.05) is 0 Å². The first-order valence-corrected chi connectivity index (χ1v) is 9.05. The van der Waals surface area contributed by atoms with Gasteiger partial charge in [-0.15, -0.1) is 0 Å². The Morgan fingerprint density at radius 1 is 1.11 bits per heavy atom. The molecule has 1 aliphatic carbocycles. The van der Waals surface area contributed by atoms with E-state index in [0.717, 1.165) is 37.8 Å². The molecule has 1 saturated carbocycles. The van der Waals surface area contributed by atoms with Gasteiger partial charge in [-0.05, 0) is 67.2 Å². The Kier molecular flexibility index (Phi) is 5.93. The van der Waals surface area contributed by atoms with Crippen molar-refractivity contribution in [3.8, 4) is 17.6 Å². The molecule has 0 saturated heterocycles. The van der Waals surface area contributed by atoms with Gasteiger partial charge < -0.3 is 9.47 Å². The number of hydrogen-bond donors (Lipinski definition) is 0. The fourth-order valence-electron chi connectivity index (χ4n) is 3.27. The number of nitriles is 1. The number of allylic oxidation sites excluding steroid dienone is 1. The molecular weight excluding hydrogens is 367 g/mol. The molecule has 0 unspecified atom stereocenters. The van der Waals surface area contributed by atoms with Gasteiger partial charge in [-0.3, -0.25) is 0 Å². The van der Waals surface area contributed by atoms with E-state index in [9.17, 15) is 18.4 Å². The summed E-state index contributed by atoms with van der Waals surface area (Å²) in [5.41, 5.74) is 0.225. The van der Waals surface area contributed by atoms with Gasteiger partial charge in [0.1, 0.15) is 0 Å². The van der Waals surface area contributed by atoms with Crippen LogP contribution in [0, 0.1) is 11.3 Å². The van der Waals surface area contributed by atoms with Crippen LogP contribution in [-0.4, -0.2) is 13.2 Å². The van der Waals surface area contributed by atoms with Gasteiger partial charge in [-0.1, -0.05) is 18.2 Å². The van der Waals surface area contributed by atoms with Gasteiger partial charge in [0.25, 0.3) is 0 Å². The van der Waals surface area contributed by atoms with Crippen LogP contribution in [0.1, 0.15) is 42.4 Å². The maximum atomic E-state index is 13.0. The Balaban J connectivity index is 1.93. The SMILES string of the molecule is COc1ccc(C=C(C#N)c2cccc(C(F)(F)F)c2)cc1OC1CCCC1. The lowest BCUT2D eigenvalue weighted by Gasteiger charge is -2.16. The van der Waals surface area contributed by atoms with E-state index in [2.05, 4.69) is 0 Å². The highest BCUT2D eigenvalue weighted by molar-refractivity contribution is 5.90. The molecule has 0 N–H and O–H groups in total. The second-order valence-corrected chi connectivity index (χ2v) is 6.68. The molecule has 0 bridgehead atoms. The number of nitrogens with zero attached hydrogens (tertiary/aromatic N) is 1. The molecule has 1 aliphatic rings. The van der Waals surface area contributed by atoms with Crippen LogP contribution in [0.5, 0.6) is 11.5 Å². The van der Waals surface area contributed by atoms with Crippen molar-refractivity contribution in [3.05, 3.63) is 59.2 Å². The molecule has 1 fully saturated rings. The van der Waals surface area contributed by atoms with Crippen LogP contribution in [0.4, 0.5) is 13.2 Å². The summed E-state index contributed by atoms with van der Waals surface area (Å²) >= 11 is 0. The number of methoxy groups -OCH3 is 1. The number of rotatable bonds is 5. The average molecular weight is 387 g/mol. The molecule has 0 amide bonds. The van der Waals surface area contributed by atoms with E-state index in [0.29, 0.717) is 17.1 Å². The van der Waals surface area contributed by atoms with Crippen molar-refractivity contribution in [2.24, 2.45) is 0 Å². The standard InChI is InChI=1S/C22H20F3NO2/c1-27-20-10-9-15(12-21(20)28-19-7-2-3-8-19)11-17(14-26)16-5-4-6-18(13-16)22(23,24)25/h4-6,9-13,19H,2-3,7-8H2,1H3. The van der Waals surface area contributed by atoms with E-state index in [-0.39, 0.29) is 17.2 Å². The van der Waals surface area contributed by atoms with Gasteiger partial charge in [-0.25, -0.2) is 0 Å². The van der Waals surface area contributed by atoms with Gasteiger partial charge in [0.05, 0.1) is 30.4 Å². The van der Waals surface area contributed by atoms with Crippen molar-refractivity contribution in [2.75, 3.05) is 7.11 Å². The molecule has 146 valence electrons. The van der Waals surface area contributed by atoms with Crippen LogP contribution in [0.15, 0.2) is 42.5 Å². The largest absolute Gasteiger partial charge is 0.493 e. The highest BCUT2D eigenvalue weighted by Gasteiger charge is 2.30. The molecule has 2 aromatic rings. The van der Waals surface area contributed by atoms with E-state index in [1.54, 1.807) is 31.4 Å². The molecule has 0 aliphatic heterocycles. The minimum atomic E-state index is -4.46. The summed E-state index contributed by atoms with van der Waals surface area (Å²) in [5, 5.41) is 9.48. The number of halogens is 3. The smallest absolute Gasteiger partial charge is 0.416 e. The zero-order chi connectivity index (χ0) is 20.1. The second kappa shape index (κ2) is 8.39. The number of alkyl halides is 3. The quantitative estimate of drug-likeness (QED) is 0.460. The van der Waals surface area contributed by atoms with E-state index in [4.69, 9.17) is 9.47 Å². The van der Waals surface area contributed by atoms with E-state index in [1.165, 1.54) is 12.1 Å². The summed E-state index contributed by atoms with van der Waals surface area (Å²) in [4.78, 5) is 0. The molecule has 0 aromatic heterocycles. The fraction of sp³-hybridized carbons (Fsp3) is 0.318. The third-order valence-electron chi connectivity index (χ3n) is 4.72. The lowest BCUT2D eigenvalue weighted by Crippen LogP contribution is -2.11. The van der Waals surface area contributed by atoms with Crippen molar-refractivity contribution >= 4 is 11.6 Å².